The molecule has 1 unspecified atom stereocenters. The number of carbonyl (C=O) groups is 1. The SMILES string of the molecule is COc1ccc2ncc(F)c(C[C@H](O)[C@@H]3CC[C@@H](N(Cc4cc5c(cn4)OCCO5)C(=O)O)C(C(C)(C)C)O3)c2n1. The van der Waals surface area contributed by atoms with E-state index < -0.39 is 41.7 Å². The summed E-state index contributed by atoms with van der Waals surface area (Å²) in [4.78, 5) is 26.7. The maximum atomic E-state index is 14.9. The van der Waals surface area contributed by atoms with E-state index in [9.17, 15) is 19.4 Å². The van der Waals surface area contributed by atoms with E-state index >= 15 is 0 Å². The van der Waals surface area contributed by atoms with Gasteiger partial charge >= 0.3 is 6.09 Å². The molecule has 1 fully saturated rings. The lowest BCUT2D eigenvalue weighted by molar-refractivity contribution is -0.167. The lowest BCUT2D eigenvalue weighted by Gasteiger charge is -2.47. The Morgan fingerprint density at radius 3 is 2.63 bits per heavy atom. The van der Waals surface area contributed by atoms with Gasteiger partial charge in [-0.1, -0.05) is 20.8 Å². The van der Waals surface area contributed by atoms with Gasteiger partial charge < -0.3 is 29.2 Å². The second-order valence-electron chi connectivity index (χ2n) is 11.4. The van der Waals surface area contributed by atoms with Crippen LogP contribution in [-0.2, 0) is 17.7 Å². The maximum Gasteiger partial charge on any atom is 0.407 e. The van der Waals surface area contributed by atoms with Crippen molar-refractivity contribution in [2.75, 3.05) is 20.3 Å². The summed E-state index contributed by atoms with van der Waals surface area (Å²) in [6.45, 7) is 6.77. The molecule has 1 amide bonds. The highest BCUT2D eigenvalue weighted by atomic mass is 19.1. The fourth-order valence-corrected chi connectivity index (χ4v) is 5.52. The normalized spacial score (nSPS) is 21.4. The number of amides is 1. The molecule has 0 aliphatic carbocycles. The van der Waals surface area contributed by atoms with Crippen molar-refractivity contribution >= 4 is 17.1 Å². The van der Waals surface area contributed by atoms with Crippen molar-refractivity contribution in [2.24, 2.45) is 5.41 Å². The Labute approximate surface area is 237 Å². The lowest BCUT2D eigenvalue weighted by atomic mass is 9.79. The predicted octanol–water partition coefficient (Wildman–Crippen LogP) is 3.99. The van der Waals surface area contributed by atoms with Crippen LogP contribution in [0.3, 0.4) is 0 Å². The second-order valence-corrected chi connectivity index (χ2v) is 11.4. The Morgan fingerprint density at radius 1 is 1.17 bits per heavy atom. The molecule has 2 N–H and O–H groups in total. The molecule has 4 atom stereocenters. The molecule has 12 heteroatoms. The summed E-state index contributed by atoms with van der Waals surface area (Å²) in [6, 6.07) is 4.52. The number of fused-ring (bicyclic) bond motifs is 2. The van der Waals surface area contributed by atoms with E-state index in [0.29, 0.717) is 60.2 Å². The predicted molar refractivity (Wildman–Crippen MR) is 146 cm³/mol. The lowest BCUT2D eigenvalue weighted by Crippen LogP contribution is -2.57. The number of aromatic nitrogens is 3. The van der Waals surface area contributed by atoms with Gasteiger partial charge in [-0.05, 0) is 24.3 Å². The van der Waals surface area contributed by atoms with E-state index in [-0.39, 0.29) is 18.5 Å². The van der Waals surface area contributed by atoms with Crippen molar-refractivity contribution in [3.63, 3.8) is 0 Å². The van der Waals surface area contributed by atoms with Gasteiger partial charge in [-0.3, -0.25) is 14.9 Å². The molecule has 5 heterocycles. The minimum atomic E-state index is -1.10. The molecule has 0 spiro atoms. The molecular weight excluding hydrogens is 535 g/mol. The third-order valence-corrected chi connectivity index (χ3v) is 7.53. The summed E-state index contributed by atoms with van der Waals surface area (Å²) >= 11 is 0. The van der Waals surface area contributed by atoms with E-state index in [4.69, 9.17) is 18.9 Å². The summed E-state index contributed by atoms with van der Waals surface area (Å²) in [5, 5.41) is 21.5. The smallest absolute Gasteiger partial charge is 0.407 e. The van der Waals surface area contributed by atoms with Crippen LogP contribution >= 0.6 is 0 Å². The third-order valence-electron chi connectivity index (χ3n) is 7.53. The number of ether oxygens (including phenoxy) is 4. The van der Waals surface area contributed by atoms with Crippen molar-refractivity contribution in [2.45, 2.75) is 70.9 Å². The quantitative estimate of drug-likeness (QED) is 0.429. The van der Waals surface area contributed by atoms with Crippen LogP contribution in [0.25, 0.3) is 11.0 Å². The highest BCUT2D eigenvalue weighted by Gasteiger charge is 2.45. The molecule has 41 heavy (non-hydrogen) atoms. The number of methoxy groups -OCH3 is 1. The number of carboxylic acid groups (broad SMARTS) is 1. The van der Waals surface area contributed by atoms with Gasteiger partial charge in [0, 0.05) is 24.1 Å². The highest BCUT2D eigenvalue weighted by Crippen LogP contribution is 2.38. The molecule has 5 rings (SSSR count). The molecule has 1 saturated heterocycles. The van der Waals surface area contributed by atoms with Gasteiger partial charge in [0.15, 0.2) is 11.5 Å². The first-order valence-electron chi connectivity index (χ1n) is 13.6. The molecule has 0 radical (unpaired) electrons. The molecule has 2 aliphatic rings. The molecule has 0 saturated carbocycles. The Kier molecular flexibility index (Phi) is 8.14. The zero-order valence-corrected chi connectivity index (χ0v) is 23.5. The first-order chi connectivity index (χ1) is 19.5. The molecule has 0 bridgehead atoms. The monoisotopic (exact) mass is 570 g/mol. The first kappa shape index (κ1) is 28.7. The summed E-state index contributed by atoms with van der Waals surface area (Å²) in [5.41, 5.74) is 1.07. The van der Waals surface area contributed by atoms with Gasteiger partial charge in [-0.2, -0.15) is 0 Å². The van der Waals surface area contributed by atoms with Crippen molar-refractivity contribution in [3.05, 3.63) is 47.7 Å². The van der Waals surface area contributed by atoms with Gasteiger partial charge in [0.1, 0.15) is 19.0 Å². The van der Waals surface area contributed by atoms with E-state index in [1.807, 2.05) is 20.8 Å². The minimum Gasteiger partial charge on any atom is -0.486 e. The number of hydrogen-bond acceptors (Lipinski definition) is 9. The van der Waals surface area contributed by atoms with Gasteiger partial charge in [-0.15, -0.1) is 0 Å². The van der Waals surface area contributed by atoms with Crippen molar-refractivity contribution < 1.29 is 38.3 Å². The van der Waals surface area contributed by atoms with E-state index in [0.717, 1.165) is 6.20 Å². The molecule has 0 aromatic carbocycles. The summed E-state index contributed by atoms with van der Waals surface area (Å²) in [5.74, 6) is 0.790. The van der Waals surface area contributed by atoms with Crippen LogP contribution in [0.4, 0.5) is 9.18 Å². The van der Waals surface area contributed by atoms with Crippen LogP contribution in [0, 0.1) is 11.2 Å². The largest absolute Gasteiger partial charge is 0.486 e. The fraction of sp³-hybridized carbons (Fsp3) is 0.517. The Balaban J connectivity index is 1.36. The number of nitrogens with zero attached hydrogens (tertiary/aromatic N) is 4. The average molecular weight is 571 g/mol. The van der Waals surface area contributed by atoms with Crippen molar-refractivity contribution in [1.82, 2.24) is 19.9 Å². The number of hydrogen-bond donors (Lipinski definition) is 2. The van der Waals surface area contributed by atoms with Crippen LogP contribution in [-0.4, -0.2) is 80.8 Å². The zero-order valence-electron chi connectivity index (χ0n) is 23.5. The molecular formula is C29H35FN4O7. The van der Waals surface area contributed by atoms with Crippen molar-refractivity contribution in [3.8, 4) is 17.4 Å². The number of aliphatic hydroxyl groups is 1. The Morgan fingerprint density at radius 2 is 1.93 bits per heavy atom. The van der Waals surface area contributed by atoms with E-state index in [1.165, 1.54) is 12.0 Å². The fourth-order valence-electron chi connectivity index (χ4n) is 5.52. The summed E-state index contributed by atoms with van der Waals surface area (Å²) in [7, 11) is 1.47. The van der Waals surface area contributed by atoms with Crippen LogP contribution in [0.1, 0.15) is 44.9 Å². The number of halogens is 1. The van der Waals surface area contributed by atoms with Gasteiger partial charge in [0.2, 0.25) is 5.88 Å². The van der Waals surface area contributed by atoms with Crippen LogP contribution < -0.4 is 14.2 Å². The number of rotatable bonds is 7. The van der Waals surface area contributed by atoms with E-state index in [2.05, 4.69) is 15.0 Å². The standard InChI is InChI=1S/C29H35FN4O7/c1-29(2,3)27-20(34(28(36)37)15-16-11-23-24(14-31-16)40-10-9-39-23)6-7-22(41-27)21(35)12-17-18(30)13-32-19-5-8-25(38-4)33-26(17)19/h5,8,11,13-14,20-22,27,35H,6-7,9-10,12,15H2,1-4H3,(H,36,37)/t20-,21+,22+,27?/m1/s1. The van der Waals surface area contributed by atoms with Crippen LogP contribution in [0.5, 0.6) is 17.4 Å². The topological polar surface area (TPSA) is 136 Å². The second kappa shape index (κ2) is 11.6. The highest BCUT2D eigenvalue weighted by molar-refractivity contribution is 5.78. The summed E-state index contributed by atoms with van der Waals surface area (Å²) < 4.78 is 37.7. The molecule has 220 valence electrons. The van der Waals surface area contributed by atoms with E-state index in [1.54, 1.807) is 24.4 Å². The average Bonchev–Trinajstić information content (AvgIpc) is 2.96. The summed E-state index contributed by atoms with van der Waals surface area (Å²) in [6.07, 6.45) is 0.0472. The number of aliphatic hydroxyl groups excluding tert-OH is 1. The van der Waals surface area contributed by atoms with Gasteiger partial charge in [0.25, 0.3) is 0 Å². The Hall–Kier alpha value is -3.77. The minimum absolute atomic E-state index is 0.0293. The van der Waals surface area contributed by atoms with Crippen molar-refractivity contribution in [1.29, 1.82) is 0 Å². The van der Waals surface area contributed by atoms with Gasteiger partial charge in [-0.25, -0.2) is 14.2 Å². The third kappa shape index (κ3) is 6.13. The number of pyridine rings is 3. The maximum absolute atomic E-state index is 14.9. The molecule has 11 nitrogen and oxygen atoms in total. The van der Waals surface area contributed by atoms with Gasteiger partial charge in [0.05, 0.1) is 67.1 Å². The first-order valence-corrected chi connectivity index (χ1v) is 13.6. The molecule has 2 aliphatic heterocycles. The zero-order chi connectivity index (χ0) is 29.3. The van der Waals surface area contributed by atoms with Crippen LogP contribution in [0.2, 0.25) is 0 Å². The van der Waals surface area contributed by atoms with Crippen LogP contribution in [0.15, 0.2) is 30.6 Å². The Bertz CT molecular complexity index is 1420. The molecule has 3 aromatic rings. The molecule has 3 aromatic heterocycles.